The highest BCUT2D eigenvalue weighted by Crippen LogP contribution is 2.30. The van der Waals surface area contributed by atoms with E-state index in [0.717, 1.165) is 0 Å². The van der Waals surface area contributed by atoms with Crippen molar-refractivity contribution >= 4 is 0 Å². The first-order valence-corrected chi connectivity index (χ1v) is 6.66. The molecule has 1 aliphatic heterocycles. The van der Waals surface area contributed by atoms with Gasteiger partial charge in [0.05, 0.1) is 0 Å². The molecule has 2 unspecified atom stereocenters. The number of piperidine rings is 1. The molecule has 1 N–H and O–H groups in total. The summed E-state index contributed by atoms with van der Waals surface area (Å²) in [5.41, 5.74) is 0.833. The van der Waals surface area contributed by atoms with E-state index in [-0.39, 0.29) is 0 Å². The number of rotatable bonds is 3. The van der Waals surface area contributed by atoms with Crippen molar-refractivity contribution in [3.05, 3.63) is 0 Å². The molecule has 0 aromatic heterocycles. The molecule has 2 atom stereocenters. The SMILES string of the molecule is CC(N(C)CC1(C)CCCNC1)C(C)(C)C. The van der Waals surface area contributed by atoms with Crippen LogP contribution in [0.2, 0.25) is 0 Å². The number of nitrogens with one attached hydrogen (secondary N) is 1. The molecule has 2 heteroatoms. The highest BCUT2D eigenvalue weighted by molar-refractivity contribution is 4.87. The Hall–Kier alpha value is -0.0800. The van der Waals surface area contributed by atoms with Crippen LogP contribution in [0.15, 0.2) is 0 Å². The summed E-state index contributed by atoms with van der Waals surface area (Å²) in [5.74, 6) is 0. The third-order valence-corrected chi connectivity index (χ3v) is 4.23. The van der Waals surface area contributed by atoms with E-state index >= 15 is 0 Å². The minimum absolute atomic E-state index is 0.368. The van der Waals surface area contributed by atoms with Crippen LogP contribution < -0.4 is 5.32 Å². The van der Waals surface area contributed by atoms with Crippen LogP contribution in [-0.4, -0.2) is 37.6 Å². The average Bonchev–Trinajstić information content (AvgIpc) is 2.15. The van der Waals surface area contributed by atoms with Crippen molar-refractivity contribution in [3.63, 3.8) is 0 Å². The second kappa shape index (κ2) is 5.05. The van der Waals surface area contributed by atoms with Crippen LogP contribution in [-0.2, 0) is 0 Å². The molecule has 0 radical (unpaired) electrons. The van der Waals surface area contributed by atoms with E-state index in [4.69, 9.17) is 0 Å². The smallest absolute Gasteiger partial charge is 0.0113 e. The topological polar surface area (TPSA) is 15.3 Å². The van der Waals surface area contributed by atoms with E-state index in [2.05, 4.69) is 51.9 Å². The Kier molecular flexibility index (Phi) is 4.42. The van der Waals surface area contributed by atoms with Gasteiger partial charge in [-0.1, -0.05) is 27.7 Å². The molecule has 16 heavy (non-hydrogen) atoms. The second-order valence-corrected chi connectivity index (χ2v) is 7.05. The van der Waals surface area contributed by atoms with Gasteiger partial charge in [-0.05, 0) is 44.2 Å². The van der Waals surface area contributed by atoms with Crippen LogP contribution in [0.3, 0.4) is 0 Å². The third kappa shape index (κ3) is 3.74. The van der Waals surface area contributed by atoms with Crippen molar-refractivity contribution in [3.8, 4) is 0 Å². The molecule has 1 aliphatic rings. The summed E-state index contributed by atoms with van der Waals surface area (Å²) >= 11 is 0. The molecule has 0 saturated carbocycles. The van der Waals surface area contributed by atoms with Gasteiger partial charge in [-0.2, -0.15) is 0 Å². The molecule has 0 bridgehead atoms. The summed E-state index contributed by atoms with van der Waals surface area (Å²) in [7, 11) is 2.27. The summed E-state index contributed by atoms with van der Waals surface area (Å²) < 4.78 is 0. The maximum atomic E-state index is 3.53. The minimum Gasteiger partial charge on any atom is -0.316 e. The Morgan fingerprint density at radius 2 is 2.00 bits per heavy atom. The maximum absolute atomic E-state index is 3.53. The fourth-order valence-electron chi connectivity index (χ4n) is 2.65. The first-order chi connectivity index (χ1) is 7.25. The highest BCUT2D eigenvalue weighted by Gasteiger charge is 2.32. The Morgan fingerprint density at radius 3 is 2.44 bits per heavy atom. The van der Waals surface area contributed by atoms with Crippen molar-refractivity contribution in [1.82, 2.24) is 10.2 Å². The molecule has 0 spiro atoms. The number of nitrogens with zero attached hydrogens (tertiary/aromatic N) is 1. The third-order valence-electron chi connectivity index (χ3n) is 4.23. The monoisotopic (exact) mass is 226 g/mol. The lowest BCUT2D eigenvalue weighted by Crippen LogP contribution is -2.49. The molecular formula is C14H30N2. The van der Waals surface area contributed by atoms with Crippen LogP contribution in [0.4, 0.5) is 0 Å². The highest BCUT2D eigenvalue weighted by atomic mass is 15.1. The molecular weight excluding hydrogens is 196 g/mol. The predicted octanol–water partition coefficient (Wildman–Crippen LogP) is 2.74. The van der Waals surface area contributed by atoms with E-state index in [1.807, 2.05) is 0 Å². The molecule has 0 aliphatic carbocycles. The van der Waals surface area contributed by atoms with Crippen LogP contribution in [0.1, 0.15) is 47.5 Å². The first kappa shape index (κ1) is 14.0. The fraction of sp³-hybridized carbons (Fsp3) is 1.00. The molecule has 1 saturated heterocycles. The normalized spacial score (nSPS) is 29.4. The summed E-state index contributed by atoms with van der Waals surface area (Å²) in [4.78, 5) is 2.53. The minimum atomic E-state index is 0.368. The van der Waals surface area contributed by atoms with Crippen LogP contribution in [0.25, 0.3) is 0 Å². The van der Waals surface area contributed by atoms with Crippen LogP contribution in [0.5, 0.6) is 0 Å². The van der Waals surface area contributed by atoms with Gasteiger partial charge in [0.1, 0.15) is 0 Å². The Bertz CT molecular complexity index is 211. The van der Waals surface area contributed by atoms with Gasteiger partial charge in [-0.15, -0.1) is 0 Å². The van der Waals surface area contributed by atoms with Crippen molar-refractivity contribution in [2.75, 3.05) is 26.7 Å². The lowest BCUT2D eigenvalue weighted by Gasteiger charge is -2.42. The number of hydrogen-bond donors (Lipinski definition) is 1. The molecule has 2 nitrogen and oxygen atoms in total. The van der Waals surface area contributed by atoms with Gasteiger partial charge < -0.3 is 10.2 Å². The van der Waals surface area contributed by atoms with Crippen molar-refractivity contribution in [2.24, 2.45) is 10.8 Å². The van der Waals surface area contributed by atoms with E-state index in [1.165, 1.54) is 32.5 Å². The zero-order chi connectivity index (χ0) is 12.4. The molecule has 0 amide bonds. The van der Waals surface area contributed by atoms with Crippen LogP contribution in [0, 0.1) is 10.8 Å². The quantitative estimate of drug-likeness (QED) is 0.796. The van der Waals surface area contributed by atoms with Crippen molar-refractivity contribution < 1.29 is 0 Å². The van der Waals surface area contributed by atoms with Gasteiger partial charge in [0, 0.05) is 19.1 Å². The summed E-state index contributed by atoms with van der Waals surface area (Å²) in [5, 5.41) is 3.53. The van der Waals surface area contributed by atoms with Crippen molar-refractivity contribution in [2.45, 2.75) is 53.5 Å². The van der Waals surface area contributed by atoms with E-state index in [1.54, 1.807) is 0 Å². The molecule has 96 valence electrons. The molecule has 0 aromatic carbocycles. The standard InChI is InChI=1S/C14H30N2/c1-12(13(2,3)4)16(6)11-14(5)8-7-9-15-10-14/h12,15H,7-11H2,1-6H3. The second-order valence-electron chi connectivity index (χ2n) is 7.05. The average molecular weight is 226 g/mol. The molecule has 1 rings (SSSR count). The van der Waals surface area contributed by atoms with E-state index in [9.17, 15) is 0 Å². The van der Waals surface area contributed by atoms with Crippen molar-refractivity contribution in [1.29, 1.82) is 0 Å². The van der Waals surface area contributed by atoms with Gasteiger partial charge >= 0.3 is 0 Å². The predicted molar refractivity (Wildman–Crippen MR) is 71.8 cm³/mol. The molecule has 0 aromatic rings. The Balaban J connectivity index is 2.52. The van der Waals surface area contributed by atoms with E-state index < -0.39 is 0 Å². The van der Waals surface area contributed by atoms with Crippen LogP contribution >= 0.6 is 0 Å². The first-order valence-electron chi connectivity index (χ1n) is 6.66. The zero-order valence-electron chi connectivity index (χ0n) is 12.1. The largest absolute Gasteiger partial charge is 0.316 e. The zero-order valence-corrected chi connectivity index (χ0v) is 12.1. The van der Waals surface area contributed by atoms with E-state index in [0.29, 0.717) is 16.9 Å². The number of hydrogen-bond acceptors (Lipinski definition) is 2. The molecule has 1 heterocycles. The van der Waals surface area contributed by atoms with Gasteiger partial charge in [0.15, 0.2) is 0 Å². The maximum Gasteiger partial charge on any atom is 0.0113 e. The fourth-order valence-corrected chi connectivity index (χ4v) is 2.65. The lowest BCUT2D eigenvalue weighted by atomic mass is 9.80. The summed E-state index contributed by atoms with van der Waals surface area (Å²) in [6.45, 7) is 15.3. The lowest BCUT2D eigenvalue weighted by molar-refractivity contribution is 0.0779. The molecule has 1 fully saturated rings. The van der Waals surface area contributed by atoms with Gasteiger partial charge in [-0.3, -0.25) is 0 Å². The summed E-state index contributed by atoms with van der Waals surface area (Å²) in [6, 6.07) is 0.631. The van der Waals surface area contributed by atoms with Gasteiger partial charge in [0.2, 0.25) is 0 Å². The van der Waals surface area contributed by atoms with Gasteiger partial charge in [-0.25, -0.2) is 0 Å². The Morgan fingerprint density at radius 1 is 1.38 bits per heavy atom. The Labute approximate surface area is 102 Å². The summed E-state index contributed by atoms with van der Waals surface area (Å²) in [6.07, 6.45) is 2.69. The van der Waals surface area contributed by atoms with Gasteiger partial charge in [0.25, 0.3) is 0 Å².